The number of Topliss-reactive ketones (excluding diaryl/α,β-unsaturated/α-hetero) is 1. The molecule has 1 atom stereocenters. The average Bonchev–Trinajstić information content (AvgIpc) is 2.36. The van der Waals surface area contributed by atoms with Crippen LogP contribution in [0.1, 0.15) is 31.1 Å². The van der Waals surface area contributed by atoms with Gasteiger partial charge < -0.3 is 0 Å². The van der Waals surface area contributed by atoms with Gasteiger partial charge in [0, 0.05) is 36.5 Å². The summed E-state index contributed by atoms with van der Waals surface area (Å²) in [5, 5.41) is 21.6. The number of carbonyl (C=O) groups excluding carboxylic acids is 1. The average molecular weight is 266 g/mol. The molecule has 0 amide bonds. The largest absolute Gasteiger partial charge is 0.294 e. The monoisotopic (exact) mass is 266 g/mol. The maximum absolute atomic E-state index is 12.1. The molecule has 0 bridgehead atoms. The zero-order valence-electron chi connectivity index (χ0n) is 10.8. The first-order valence-corrected chi connectivity index (χ1v) is 5.61. The predicted octanol–water partition coefficient (Wildman–Crippen LogP) is 2.47. The van der Waals surface area contributed by atoms with Gasteiger partial charge in [-0.15, -0.1) is 0 Å². The van der Waals surface area contributed by atoms with Crippen LogP contribution in [0.5, 0.6) is 0 Å². The van der Waals surface area contributed by atoms with Crippen molar-refractivity contribution in [3.8, 4) is 0 Å². The first kappa shape index (κ1) is 14.7. The van der Waals surface area contributed by atoms with E-state index in [0.717, 1.165) is 6.07 Å². The van der Waals surface area contributed by atoms with Crippen molar-refractivity contribution in [1.82, 2.24) is 0 Å². The van der Waals surface area contributed by atoms with E-state index in [1.54, 1.807) is 0 Å². The third kappa shape index (κ3) is 2.93. The molecule has 1 rings (SSSR count). The molecular weight excluding hydrogens is 252 g/mol. The van der Waals surface area contributed by atoms with Crippen LogP contribution in [0.4, 0.5) is 5.69 Å². The lowest BCUT2D eigenvalue weighted by atomic mass is 9.83. The van der Waals surface area contributed by atoms with Crippen molar-refractivity contribution in [3.05, 3.63) is 50.1 Å². The summed E-state index contributed by atoms with van der Waals surface area (Å²) in [6, 6.07) is 5.20. The molecule has 0 spiro atoms. The molecule has 0 fully saturated rings. The topological polar surface area (TPSA) is 103 Å². The number of carbonyl (C=O) groups is 1. The Kier molecular flexibility index (Phi) is 3.98. The Bertz CT molecular complexity index is 539. The van der Waals surface area contributed by atoms with Gasteiger partial charge in [-0.2, -0.15) is 0 Å². The quantitative estimate of drug-likeness (QED) is 0.462. The van der Waals surface area contributed by atoms with E-state index < -0.39 is 27.1 Å². The standard InChI is InChI=1S/C12H14N2O5/c1-8(12(2,3)14(18)19)11(15)9-5-4-6-10(7-9)13(16)17/h4-8H,1-3H3. The van der Waals surface area contributed by atoms with E-state index >= 15 is 0 Å². The lowest BCUT2D eigenvalue weighted by Gasteiger charge is -2.22. The first-order valence-electron chi connectivity index (χ1n) is 5.61. The molecule has 0 aromatic heterocycles. The number of nitro benzene ring substituents is 1. The Balaban J connectivity index is 3.10. The second kappa shape index (κ2) is 5.13. The van der Waals surface area contributed by atoms with Crippen LogP contribution in [-0.2, 0) is 0 Å². The molecule has 0 saturated carbocycles. The smallest absolute Gasteiger partial charge is 0.270 e. The molecule has 7 nitrogen and oxygen atoms in total. The van der Waals surface area contributed by atoms with Crippen LogP contribution >= 0.6 is 0 Å². The molecule has 0 aliphatic heterocycles. The highest BCUT2D eigenvalue weighted by atomic mass is 16.6. The fraction of sp³-hybridized carbons (Fsp3) is 0.417. The SMILES string of the molecule is CC(C(=O)c1cccc([N+](=O)[O-])c1)C(C)(C)[N+](=O)[O-]. The molecule has 7 heteroatoms. The molecule has 1 aromatic carbocycles. The summed E-state index contributed by atoms with van der Waals surface area (Å²) < 4.78 is 0. The Labute approximate surface area is 109 Å². The van der Waals surface area contributed by atoms with Crippen molar-refractivity contribution in [2.45, 2.75) is 26.3 Å². The summed E-state index contributed by atoms with van der Waals surface area (Å²) in [7, 11) is 0. The van der Waals surface area contributed by atoms with Gasteiger partial charge in [0.2, 0.25) is 5.54 Å². The maximum Gasteiger partial charge on any atom is 0.270 e. The minimum absolute atomic E-state index is 0.108. The Morgan fingerprint density at radius 1 is 1.26 bits per heavy atom. The summed E-state index contributed by atoms with van der Waals surface area (Å²) in [6.07, 6.45) is 0. The van der Waals surface area contributed by atoms with E-state index in [2.05, 4.69) is 0 Å². The van der Waals surface area contributed by atoms with Crippen molar-refractivity contribution < 1.29 is 14.6 Å². The summed E-state index contributed by atoms with van der Waals surface area (Å²) in [4.78, 5) is 32.6. The van der Waals surface area contributed by atoms with E-state index in [4.69, 9.17) is 0 Å². The van der Waals surface area contributed by atoms with Crippen molar-refractivity contribution in [2.75, 3.05) is 0 Å². The van der Waals surface area contributed by atoms with Gasteiger partial charge in [0.15, 0.2) is 5.78 Å². The molecule has 102 valence electrons. The van der Waals surface area contributed by atoms with Gasteiger partial charge in [-0.1, -0.05) is 12.1 Å². The van der Waals surface area contributed by atoms with E-state index in [1.807, 2.05) is 0 Å². The van der Waals surface area contributed by atoms with Gasteiger partial charge >= 0.3 is 0 Å². The molecule has 0 aliphatic carbocycles. The van der Waals surface area contributed by atoms with Gasteiger partial charge in [0.1, 0.15) is 0 Å². The second-order valence-electron chi connectivity index (χ2n) is 4.80. The highest BCUT2D eigenvalue weighted by Crippen LogP contribution is 2.25. The summed E-state index contributed by atoms with van der Waals surface area (Å²) in [5.74, 6) is -1.37. The van der Waals surface area contributed by atoms with E-state index in [0.29, 0.717) is 0 Å². The van der Waals surface area contributed by atoms with Crippen molar-refractivity contribution in [1.29, 1.82) is 0 Å². The van der Waals surface area contributed by atoms with Crippen molar-refractivity contribution in [2.24, 2.45) is 5.92 Å². The number of hydrogen-bond donors (Lipinski definition) is 0. The molecule has 0 radical (unpaired) electrons. The fourth-order valence-electron chi connectivity index (χ4n) is 1.50. The van der Waals surface area contributed by atoms with Crippen LogP contribution in [0.15, 0.2) is 24.3 Å². The molecule has 1 aromatic rings. The second-order valence-corrected chi connectivity index (χ2v) is 4.80. The summed E-state index contributed by atoms with van der Waals surface area (Å²) >= 11 is 0. The van der Waals surface area contributed by atoms with E-state index in [9.17, 15) is 25.0 Å². The number of ketones is 1. The molecule has 19 heavy (non-hydrogen) atoms. The number of rotatable bonds is 5. The number of non-ortho nitro benzene ring substituents is 1. The van der Waals surface area contributed by atoms with Crippen LogP contribution in [0.25, 0.3) is 0 Å². The minimum atomic E-state index is -1.43. The van der Waals surface area contributed by atoms with E-state index in [-0.39, 0.29) is 11.3 Å². The van der Waals surface area contributed by atoms with Gasteiger partial charge in [-0.3, -0.25) is 25.0 Å². The van der Waals surface area contributed by atoms with Crippen molar-refractivity contribution >= 4 is 11.5 Å². The molecule has 0 N–H and O–H groups in total. The van der Waals surface area contributed by atoms with E-state index in [1.165, 1.54) is 39.0 Å². The molecule has 0 saturated heterocycles. The first-order chi connectivity index (χ1) is 8.67. The predicted molar refractivity (Wildman–Crippen MR) is 67.7 cm³/mol. The molecule has 1 unspecified atom stereocenters. The summed E-state index contributed by atoms with van der Waals surface area (Å²) in [6.45, 7) is 4.16. The highest BCUT2D eigenvalue weighted by molar-refractivity contribution is 5.98. The van der Waals surface area contributed by atoms with Gasteiger partial charge in [-0.25, -0.2) is 0 Å². The molecule has 0 aliphatic rings. The third-order valence-corrected chi connectivity index (χ3v) is 3.27. The minimum Gasteiger partial charge on any atom is -0.294 e. The van der Waals surface area contributed by atoms with Crippen LogP contribution < -0.4 is 0 Å². The third-order valence-electron chi connectivity index (χ3n) is 3.27. The molecule has 0 heterocycles. The molecular formula is C12H14N2O5. The van der Waals surface area contributed by atoms with Crippen LogP contribution in [0.3, 0.4) is 0 Å². The van der Waals surface area contributed by atoms with Crippen molar-refractivity contribution in [3.63, 3.8) is 0 Å². The fourth-order valence-corrected chi connectivity index (χ4v) is 1.50. The number of hydrogen-bond acceptors (Lipinski definition) is 5. The summed E-state index contributed by atoms with van der Waals surface area (Å²) in [5.41, 5.74) is -1.53. The number of nitro groups is 2. The Hall–Kier alpha value is -2.31. The zero-order valence-corrected chi connectivity index (χ0v) is 10.8. The normalized spacial score (nSPS) is 12.8. The van der Waals surface area contributed by atoms with Crippen LogP contribution in [-0.4, -0.2) is 21.2 Å². The van der Waals surface area contributed by atoms with Crippen LogP contribution in [0.2, 0.25) is 0 Å². The van der Waals surface area contributed by atoms with Gasteiger partial charge in [0.25, 0.3) is 5.69 Å². The lowest BCUT2D eigenvalue weighted by molar-refractivity contribution is -0.566. The number of nitrogens with zero attached hydrogens (tertiary/aromatic N) is 2. The maximum atomic E-state index is 12.1. The van der Waals surface area contributed by atoms with Gasteiger partial charge in [0.05, 0.1) is 10.8 Å². The zero-order chi connectivity index (χ0) is 14.8. The highest BCUT2D eigenvalue weighted by Gasteiger charge is 2.42. The Morgan fingerprint density at radius 3 is 2.32 bits per heavy atom. The number of benzene rings is 1. The lowest BCUT2D eigenvalue weighted by Crippen LogP contribution is -2.42. The van der Waals surface area contributed by atoms with Crippen LogP contribution in [0, 0.1) is 26.1 Å². The van der Waals surface area contributed by atoms with Gasteiger partial charge in [-0.05, 0) is 6.92 Å². The Morgan fingerprint density at radius 2 is 1.84 bits per heavy atom.